The highest BCUT2D eigenvalue weighted by atomic mass is 28.3. The Kier molecular flexibility index (Phi) is 7.41. The molecule has 0 unspecified atom stereocenters. The number of hydrogen-bond acceptors (Lipinski definition) is 3. The Morgan fingerprint density at radius 1 is 0.536 bits per heavy atom. The molecular weight excluding hydrogens is 697 g/mol. The van der Waals surface area contributed by atoms with E-state index in [0.29, 0.717) is 5.69 Å². The van der Waals surface area contributed by atoms with Crippen molar-refractivity contribution in [2.45, 2.75) is 13.8 Å². The Bertz CT molecular complexity index is 2950. The van der Waals surface area contributed by atoms with Crippen LogP contribution < -0.4 is 30.5 Å². The molecule has 2 aromatic heterocycles. The highest BCUT2D eigenvalue weighted by molar-refractivity contribution is 7.20. The van der Waals surface area contributed by atoms with E-state index in [-0.39, 0.29) is 6.67 Å². The number of anilines is 3. The number of para-hydroxylation sites is 3. The molecule has 270 valence electrons. The molecule has 0 spiro atoms. The van der Waals surface area contributed by atoms with Crippen LogP contribution >= 0.6 is 0 Å². The smallest absolute Gasteiger partial charge is 0.179 e. The molecule has 0 saturated carbocycles. The fourth-order valence-corrected chi connectivity index (χ4v) is 13.9. The van der Waals surface area contributed by atoms with Gasteiger partial charge in [0.05, 0.1) is 29.1 Å². The fraction of sp³-hybridized carbons (Fsp3) is 0.0784. The Balaban J connectivity index is 1.24. The van der Waals surface area contributed by atoms with Crippen molar-refractivity contribution in [2.75, 3.05) is 23.4 Å². The number of aryl methyl sites for hydroxylation is 2. The highest BCUT2D eigenvalue weighted by Gasteiger charge is 2.42. The number of rotatable bonds is 7. The molecule has 0 bridgehead atoms. The number of nitrogens with zero attached hydrogens (tertiary/aromatic N) is 4. The molecule has 56 heavy (non-hydrogen) atoms. The Labute approximate surface area is 333 Å². The fourth-order valence-electron chi connectivity index (χ4n) is 9.14. The molecule has 1 aliphatic heterocycles. The minimum atomic E-state index is -3.08. The van der Waals surface area contributed by atoms with Crippen molar-refractivity contribution < 1.29 is 4.11 Å². The first-order chi connectivity index (χ1) is 28.7. The summed E-state index contributed by atoms with van der Waals surface area (Å²) in [5, 5.41) is 7.29. The normalized spacial score (nSPS) is 13.8. The molecule has 0 aliphatic carbocycles. The van der Waals surface area contributed by atoms with Gasteiger partial charge in [0, 0.05) is 33.7 Å². The largest absolute Gasteiger partial charge is 0.355 e. The van der Waals surface area contributed by atoms with Crippen LogP contribution in [0.1, 0.15) is 15.2 Å². The molecule has 1 aliphatic rings. The van der Waals surface area contributed by atoms with Crippen LogP contribution in [0.15, 0.2) is 188 Å². The van der Waals surface area contributed by atoms with Crippen molar-refractivity contribution in [3.8, 4) is 16.9 Å². The van der Waals surface area contributed by atoms with E-state index in [1.807, 2.05) is 30.5 Å². The quantitative estimate of drug-likeness (QED) is 0.120. The lowest BCUT2D eigenvalue weighted by Crippen LogP contribution is -2.74. The van der Waals surface area contributed by atoms with Gasteiger partial charge in [-0.15, -0.1) is 0 Å². The third-order valence-corrected chi connectivity index (χ3v) is 16.4. The second-order valence-corrected chi connectivity index (χ2v) is 18.6. The van der Waals surface area contributed by atoms with Crippen LogP contribution in [-0.2, 0) is 0 Å². The molecule has 0 radical (unpaired) electrons. The van der Waals surface area contributed by atoms with Gasteiger partial charge in [0.2, 0.25) is 0 Å². The van der Waals surface area contributed by atoms with Gasteiger partial charge in [-0.3, -0.25) is 4.57 Å². The number of aromatic nitrogens is 2. The van der Waals surface area contributed by atoms with Gasteiger partial charge in [-0.25, -0.2) is 4.98 Å². The highest BCUT2D eigenvalue weighted by Crippen LogP contribution is 2.39. The zero-order valence-corrected chi connectivity index (χ0v) is 32.4. The summed E-state index contributed by atoms with van der Waals surface area (Å²) in [6, 6.07) is 65.0. The molecule has 5 heteroatoms. The maximum atomic E-state index is 8.38. The lowest BCUT2D eigenvalue weighted by atomic mass is 9.96. The summed E-state index contributed by atoms with van der Waals surface area (Å²) in [6.45, 7) is 2.29. The van der Waals surface area contributed by atoms with Crippen molar-refractivity contribution in [3.05, 3.63) is 199 Å². The SMILES string of the molecule is [2H]C([2H])([2H])N1CN(c2cccc([Si](c3ccccc3)(c3ccccc3)c3ccc4c5ccccc5n(-c5cc(-c6c(C)cccc6C)ccn5)c4c3)c2)c2ccccc21. The van der Waals surface area contributed by atoms with E-state index >= 15 is 0 Å². The Morgan fingerprint density at radius 2 is 1.16 bits per heavy atom. The van der Waals surface area contributed by atoms with Crippen LogP contribution in [0.4, 0.5) is 17.1 Å². The van der Waals surface area contributed by atoms with Crippen LogP contribution in [0.5, 0.6) is 0 Å². The van der Waals surface area contributed by atoms with E-state index in [0.717, 1.165) is 33.8 Å². The molecule has 3 heterocycles. The van der Waals surface area contributed by atoms with Gasteiger partial charge in [-0.1, -0.05) is 133 Å². The first-order valence-electron chi connectivity index (χ1n) is 20.7. The zero-order chi connectivity index (χ0) is 40.3. The molecule has 10 rings (SSSR count). The summed E-state index contributed by atoms with van der Waals surface area (Å²) >= 11 is 0. The van der Waals surface area contributed by atoms with Crippen molar-refractivity contribution in [2.24, 2.45) is 0 Å². The molecule has 4 nitrogen and oxygen atoms in total. The van der Waals surface area contributed by atoms with Crippen molar-refractivity contribution in [1.82, 2.24) is 9.55 Å². The van der Waals surface area contributed by atoms with Gasteiger partial charge in [-0.05, 0) is 105 Å². The number of fused-ring (bicyclic) bond motifs is 4. The van der Waals surface area contributed by atoms with Crippen molar-refractivity contribution >= 4 is 67.7 Å². The van der Waals surface area contributed by atoms with Gasteiger partial charge in [0.15, 0.2) is 8.07 Å². The molecular formula is C51H42N4Si. The number of benzene rings is 7. The summed E-state index contributed by atoms with van der Waals surface area (Å²) in [7, 11) is -3.08. The van der Waals surface area contributed by atoms with Crippen molar-refractivity contribution in [1.29, 1.82) is 0 Å². The van der Waals surface area contributed by atoms with Crippen LogP contribution in [0.25, 0.3) is 38.8 Å². The van der Waals surface area contributed by atoms with Crippen LogP contribution in [-0.4, -0.2) is 31.3 Å². The average Bonchev–Trinajstić information content (AvgIpc) is 3.82. The first kappa shape index (κ1) is 30.6. The van der Waals surface area contributed by atoms with Gasteiger partial charge in [-0.2, -0.15) is 0 Å². The summed E-state index contributed by atoms with van der Waals surface area (Å²) in [4.78, 5) is 8.71. The number of pyridine rings is 1. The molecule has 0 fully saturated rings. The predicted molar refractivity (Wildman–Crippen MR) is 239 cm³/mol. The predicted octanol–water partition coefficient (Wildman–Crippen LogP) is 9.39. The van der Waals surface area contributed by atoms with Crippen LogP contribution in [0.3, 0.4) is 0 Å². The third kappa shape index (κ3) is 5.30. The second kappa shape index (κ2) is 13.6. The minimum Gasteiger partial charge on any atom is -0.355 e. The maximum absolute atomic E-state index is 8.38. The maximum Gasteiger partial charge on any atom is 0.179 e. The van der Waals surface area contributed by atoms with Gasteiger partial charge in [0.1, 0.15) is 5.82 Å². The molecule has 0 atom stereocenters. The van der Waals surface area contributed by atoms with Gasteiger partial charge >= 0.3 is 0 Å². The third-order valence-electron chi connectivity index (χ3n) is 11.6. The van der Waals surface area contributed by atoms with Crippen LogP contribution in [0.2, 0.25) is 0 Å². The summed E-state index contributed by atoms with van der Waals surface area (Å²) in [5.74, 6) is 0.869. The average molecular weight is 742 g/mol. The topological polar surface area (TPSA) is 24.3 Å². The molecule has 0 saturated heterocycles. The number of hydrogen-bond donors (Lipinski definition) is 0. The Morgan fingerprint density at radius 3 is 1.91 bits per heavy atom. The molecule has 9 aromatic rings. The molecule has 7 aromatic carbocycles. The van der Waals surface area contributed by atoms with E-state index in [4.69, 9.17) is 9.10 Å². The molecule has 0 amide bonds. The van der Waals surface area contributed by atoms with Gasteiger partial charge in [0.25, 0.3) is 0 Å². The minimum absolute atomic E-state index is 0.227. The Hall–Kier alpha value is -6.69. The zero-order valence-electron chi connectivity index (χ0n) is 34.4. The summed E-state index contributed by atoms with van der Waals surface area (Å²) < 4.78 is 27.5. The van der Waals surface area contributed by atoms with Crippen molar-refractivity contribution in [3.63, 3.8) is 0 Å². The second-order valence-electron chi connectivity index (χ2n) is 14.8. The summed E-state index contributed by atoms with van der Waals surface area (Å²) in [5.41, 5.74) is 9.59. The molecule has 0 N–H and O–H groups in total. The first-order valence-corrected chi connectivity index (χ1v) is 21.2. The van der Waals surface area contributed by atoms with E-state index in [1.54, 1.807) is 0 Å². The summed E-state index contributed by atoms with van der Waals surface area (Å²) in [6.07, 6.45) is 1.93. The standard InChI is InChI=1S/C51H42N4Si/c1-36-16-14-17-37(2)51(36)38-30-31-52-50(32-38)55-46-25-11-10-24-44(46)45-29-28-43(34-49(45)55)56(40-19-6-4-7-20-40,41-21-8-5-9-22-41)42-23-15-18-39(33-42)54-35-53(3)47-26-12-13-27-48(47)54/h4-34H,35H2,1-3H3/i3D3. The van der Waals surface area contributed by atoms with E-state index in [1.165, 1.54) is 53.1 Å². The van der Waals surface area contributed by atoms with E-state index in [2.05, 4.69) is 181 Å². The monoisotopic (exact) mass is 741 g/mol. The van der Waals surface area contributed by atoms with E-state index < -0.39 is 15.0 Å². The lowest BCUT2D eigenvalue weighted by molar-refractivity contribution is 0.950. The van der Waals surface area contributed by atoms with Crippen LogP contribution in [0, 0.1) is 13.8 Å². The van der Waals surface area contributed by atoms with E-state index in [9.17, 15) is 0 Å². The van der Waals surface area contributed by atoms with Gasteiger partial charge < -0.3 is 9.80 Å². The lowest BCUT2D eigenvalue weighted by Gasteiger charge is -2.35.